The van der Waals surface area contributed by atoms with Crippen molar-refractivity contribution in [2.75, 3.05) is 20.8 Å². The summed E-state index contributed by atoms with van der Waals surface area (Å²) in [6.45, 7) is 0.713. The standard InChI is InChI=1S/C19H21N3O3/c1-24-16-7-8-18(25-2)14(11-16)9-10-20-19(23)13-22-17-6-4-3-5-15(17)12-21-22/h3-8,11-12H,9-10,13H2,1-2H3,(H,20,23). The lowest BCUT2D eigenvalue weighted by molar-refractivity contribution is -0.121. The van der Waals surface area contributed by atoms with E-state index in [-0.39, 0.29) is 12.5 Å². The number of hydrogen-bond donors (Lipinski definition) is 1. The van der Waals surface area contributed by atoms with Crippen LogP contribution in [-0.2, 0) is 17.8 Å². The van der Waals surface area contributed by atoms with E-state index in [1.807, 2.05) is 42.5 Å². The van der Waals surface area contributed by atoms with E-state index < -0.39 is 0 Å². The molecule has 0 bridgehead atoms. The second-order valence-corrected chi connectivity index (χ2v) is 5.64. The second-order valence-electron chi connectivity index (χ2n) is 5.64. The Morgan fingerprint density at radius 1 is 1.16 bits per heavy atom. The zero-order chi connectivity index (χ0) is 17.6. The maximum absolute atomic E-state index is 12.2. The number of carbonyl (C=O) groups excluding carboxylic acids is 1. The van der Waals surface area contributed by atoms with E-state index in [1.54, 1.807) is 25.1 Å². The smallest absolute Gasteiger partial charge is 0.241 e. The van der Waals surface area contributed by atoms with Crippen molar-refractivity contribution in [2.45, 2.75) is 13.0 Å². The van der Waals surface area contributed by atoms with Crippen LogP contribution in [0.1, 0.15) is 5.56 Å². The van der Waals surface area contributed by atoms with E-state index >= 15 is 0 Å². The Bertz CT molecular complexity index is 873. The highest BCUT2D eigenvalue weighted by atomic mass is 16.5. The van der Waals surface area contributed by atoms with Crippen molar-refractivity contribution in [3.8, 4) is 11.5 Å². The summed E-state index contributed by atoms with van der Waals surface area (Å²) < 4.78 is 12.3. The minimum atomic E-state index is -0.0734. The molecular weight excluding hydrogens is 318 g/mol. The van der Waals surface area contributed by atoms with Gasteiger partial charge in [-0.25, -0.2) is 0 Å². The van der Waals surface area contributed by atoms with E-state index in [1.165, 1.54) is 0 Å². The highest BCUT2D eigenvalue weighted by Gasteiger charge is 2.09. The van der Waals surface area contributed by atoms with Crippen molar-refractivity contribution in [3.05, 3.63) is 54.2 Å². The van der Waals surface area contributed by atoms with Crippen molar-refractivity contribution in [1.29, 1.82) is 0 Å². The fourth-order valence-corrected chi connectivity index (χ4v) is 2.76. The summed E-state index contributed by atoms with van der Waals surface area (Å²) >= 11 is 0. The van der Waals surface area contributed by atoms with Gasteiger partial charge in [0, 0.05) is 11.9 Å². The molecule has 25 heavy (non-hydrogen) atoms. The lowest BCUT2D eigenvalue weighted by Crippen LogP contribution is -2.29. The molecule has 1 N–H and O–H groups in total. The van der Waals surface area contributed by atoms with Crippen LogP contribution in [-0.4, -0.2) is 36.5 Å². The average Bonchev–Trinajstić information content (AvgIpc) is 3.04. The predicted molar refractivity (Wildman–Crippen MR) is 96.0 cm³/mol. The fraction of sp³-hybridized carbons (Fsp3) is 0.263. The number of hydrogen-bond acceptors (Lipinski definition) is 4. The largest absolute Gasteiger partial charge is 0.497 e. The van der Waals surface area contributed by atoms with Crippen molar-refractivity contribution in [2.24, 2.45) is 0 Å². The normalized spacial score (nSPS) is 10.6. The monoisotopic (exact) mass is 339 g/mol. The zero-order valence-corrected chi connectivity index (χ0v) is 14.4. The van der Waals surface area contributed by atoms with Crippen molar-refractivity contribution in [1.82, 2.24) is 15.1 Å². The first-order chi connectivity index (χ1) is 12.2. The number of rotatable bonds is 7. The SMILES string of the molecule is COc1ccc(OC)c(CCNC(=O)Cn2ncc3ccccc32)c1. The van der Waals surface area contributed by atoms with Gasteiger partial charge in [0.05, 0.1) is 25.9 Å². The minimum absolute atomic E-state index is 0.0734. The van der Waals surface area contributed by atoms with Crippen LogP contribution >= 0.6 is 0 Å². The number of carbonyl (C=O) groups is 1. The number of amides is 1. The molecule has 0 radical (unpaired) electrons. The molecule has 1 amide bonds. The Morgan fingerprint density at radius 3 is 2.80 bits per heavy atom. The van der Waals surface area contributed by atoms with Gasteiger partial charge in [0.2, 0.25) is 5.91 Å². The van der Waals surface area contributed by atoms with Crippen LogP contribution in [0, 0.1) is 0 Å². The Labute approximate surface area is 146 Å². The highest BCUT2D eigenvalue weighted by Crippen LogP contribution is 2.24. The van der Waals surface area contributed by atoms with Crippen LogP contribution in [0.3, 0.4) is 0 Å². The van der Waals surface area contributed by atoms with Crippen LogP contribution in [0.5, 0.6) is 11.5 Å². The maximum atomic E-state index is 12.2. The maximum Gasteiger partial charge on any atom is 0.241 e. The molecule has 0 unspecified atom stereocenters. The molecule has 0 aliphatic rings. The molecule has 1 heterocycles. The van der Waals surface area contributed by atoms with Crippen molar-refractivity contribution < 1.29 is 14.3 Å². The number of aromatic nitrogens is 2. The first-order valence-electron chi connectivity index (χ1n) is 8.09. The van der Waals surface area contributed by atoms with E-state index in [9.17, 15) is 4.79 Å². The van der Waals surface area contributed by atoms with Crippen LogP contribution in [0.2, 0.25) is 0 Å². The Kier molecular flexibility index (Phi) is 5.18. The zero-order valence-electron chi connectivity index (χ0n) is 14.4. The molecule has 0 atom stereocenters. The van der Waals surface area contributed by atoms with E-state index in [4.69, 9.17) is 9.47 Å². The summed E-state index contributed by atoms with van der Waals surface area (Å²) in [6, 6.07) is 13.5. The summed E-state index contributed by atoms with van der Waals surface area (Å²) in [5, 5.41) is 8.22. The first-order valence-corrected chi connectivity index (χ1v) is 8.09. The van der Waals surface area contributed by atoms with Gasteiger partial charge in [-0.2, -0.15) is 5.10 Å². The summed E-state index contributed by atoms with van der Waals surface area (Å²) in [5.41, 5.74) is 1.94. The number of nitrogens with one attached hydrogen (secondary N) is 1. The molecule has 130 valence electrons. The summed E-state index contributed by atoms with van der Waals surface area (Å²) in [6.07, 6.45) is 2.43. The lowest BCUT2D eigenvalue weighted by Gasteiger charge is -2.11. The van der Waals surface area contributed by atoms with Gasteiger partial charge in [-0.1, -0.05) is 18.2 Å². The molecule has 2 aromatic carbocycles. The summed E-state index contributed by atoms with van der Waals surface area (Å²) in [5.74, 6) is 1.48. The molecule has 0 fully saturated rings. The predicted octanol–water partition coefficient (Wildman–Crippen LogP) is 2.41. The van der Waals surface area contributed by atoms with Gasteiger partial charge in [-0.05, 0) is 36.2 Å². The molecule has 0 aliphatic heterocycles. The van der Waals surface area contributed by atoms with Gasteiger partial charge in [0.25, 0.3) is 0 Å². The van der Waals surface area contributed by atoms with E-state index in [0.717, 1.165) is 28.0 Å². The van der Waals surface area contributed by atoms with Gasteiger partial charge in [-0.15, -0.1) is 0 Å². The van der Waals surface area contributed by atoms with Crippen molar-refractivity contribution >= 4 is 16.8 Å². The van der Waals surface area contributed by atoms with Gasteiger partial charge >= 0.3 is 0 Å². The molecule has 3 rings (SSSR count). The van der Waals surface area contributed by atoms with Crippen molar-refractivity contribution in [3.63, 3.8) is 0 Å². The molecule has 0 saturated carbocycles. The Balaban J connectivity index is 1.58. The highest BCUT2D eigenvalue weighted by molar-refractivity contribution is 5.81. The number of ether oxygens (including phenoxy) is 2. The average molecular weight is 339 g/mol. The van der Waals surface area contributed by atoms with Crippen LogP contribution in [0.15, 0.2) is 48.7 Å². The topological polar surface area (TPSA) is 65.4 Å². The quantitative estimate of drug-likeness (QED) is 0.718. The third-order valence-electron chi connectivity index (χ3n) is 4.05. The molecule has 1 aromatic heterocycles. The van der Waals surface area contributed by atoms with E-state index in [2.05, 4.69) is 10.4 Å². The first kappa shape index (κ1) is 16.8. The van der Waals surface area contributed by atoms with Crippen LogP contribution in [0.25, 0.3) is 10.9 Å². The van der Waals surface area contributed by atoms with Gasteiger partial charge in [0.15, 0.2) is 0 Å². The second kappa shape index (κ2) is 7.70. The fourth-order valence-electron chi connectivity index (χ4n) is 2.76. The van der Waals surface area contributed by atoms with E-state index in [0.29, 0.717) is 13.0 Å². The number of benzene rings is 2. The Morgan fingerprint density at radius 2 is 2.00 bits per heavy atom. The summed E-state index contributed by atoms with van der Waals surface area (Å²) in [4.78, 5) is 12.2. The molecular formula is C19H21N3O3. The number of methoxy groups -OCH3 is 2. The lowest BCUT2D eigenvalue weighted by atomic mass is 10.1. The van der Waals surface area contributed by atoms with Gasteiger partial charge in [0.1, 0.15) is 18.0 Å². The molecule has 0 spiro atoms. The molecule has 6 heteroatoms. The molecule has 6 nitrogen and oxygen atoms in total. The molecule has 3 aromatic rings. The van der Waals surface area contributed by atoms with Crippen LogP contribution in [0.4, 0.5) is 0 Å². The van der Waals surface area contributed by atoms with Gasteiger partial charge < -0.3 is 14.8 Å². The summed E-state index contributed by atoms with van der Waals surface area (Å²) in [7, 11) is 3.26. The van der Waals surface area contributed by atoms with Crippen LogP contribution < -0.4 is 14.8 Å². The third kappa shape index (κ3) is 3.91. The number of fused-ring (bicyclic) bond motifs is 1. The molecule has 0 aliphatic carbocycles. The van der Waals surface area contributed by atoms with Gasteiger partial charge in [-0.3, -0.25) is 9.48 Å². The molecule has 0 saturated heterocycles. The third-order valence-corrected chi connectivity index (χ3v) is 4.05. The minimum Gasteiger partial charge on any atom is -0.497 e. The Hall–Kier alpha value is -3.02. The number of para-hydroxylation sites is 1. The number of nitrogens with zero attached hydrogens (tertiary/aromatic N) is 2.